The minimum Gasteiger partial charge on any atom is -0.426 e. The van der Waals surface area contributed by atoms with E-state index in [-0.39, 0.29) is 11.4 Å². The van der Waals surface area contributed by atoms with Crippen LogP contribution in [0, 0.1) is 40.9 Å². The fraction of sp³-hybridized carbons (Fsp3) is 0.741. The third kappa shape index (κ3) is 2.63. The highest BCUT2D eigenvalue weighted by atomic mass is 16.5. The fourth-order valence-corrected chi connectivity index (χ4v) is 9.92. The van der Waals surface area contributed by atoms with Crippen molar-refractivity contribution >= 4 is 5.97 Å². The zero-order valence-electron chi connectivity index (χ0n) is 17.6. The third-order valence-corrected chi connectivity index (χ3v) is 10.2. The number of benzene rings is 1. The molecule has 0 saturated heterocycles. The monoisotopic (exact) mass is 390 g/mol. The number of rotatable bonds is 3. The van der Waals surface area contributed by atoms with Crippen LogP contribution in [0.25, 0.3) is 0 Å². The summed E-state index contributed by atoms with van der Waals surface area (Å²) in [4.78, 5) is 13.3. The van der Waals surface area contributed by atoms with Crippen molar-refractivity contribution in [2.75, 3.05) is 0 Å². The van der Waals surface area contributed by atoms with Gasteiger partial charge in [0.25, 0.3) is 0 Å². The van der Waals surface area contributed by atoms with Crippen molar-refractivity contribution in [2.24, 2.45) is 40.9 Å². The van der Waals surface area contributed by atoms with Crippen molar-refractivity contribution in [3.8, 4) is 5.75 Å². The van der Waals surface area contributed by atoms with Crippen LogP contribution >= 0.6 is 0 Å². The van der Waals surface area contributed by atoms with Crippen molar-refractivity contribution < 1.29 is 9.53 Å². The molecule has 8 bridgehead atoms. The summed E-state index contributed by atoms with van der Waals surface area (Å²) in [5.41, 5.74) is 1.79. The third-order valence-electron chi connectivity index (χ3n) is 10.2. The molecule has 0 unspecified atom stereocenters. The van der Waals surface area contributed by atoms with Gasteiger partial charge in [-0.3, -0.25) is 4.79 Å². The fourth-order valence-electron chi connectivity index (χ4n) is 9.92. The lowest BCUT2D eigenvalue weighted by Crippen LogP contribution is -2.51. The Hall–Kier alpha value is -1.31. The zero-order chi connectivity index (χ0) is 19.2. The Labute approximate surface area is 174 Å². The molecule has 29 heavy (non-hydrogen) atoms. The summed E-state index contributed by atoms with van der Waals surface area (Å²) in [7, 11) is 0. The van der Waals surface area contributed by atoms with Crippen molar-refractivity contribution in [2.45, 2.75) is 82.5 Å². The maximum absolute atomic E-state index is 13.3. The van der Waals surface area contributed by atoms with Crippen LogP contribution in [0.4, 0.5) is 0 Å². The van der Waals surface area contributed by atoms with Crippen LogP contribution in [0.5, 0.6) is 5.75 Å². The molecule has 0 heterocycles. The first-order valence-electron chi connectivity index (χ1n) is 12.4. The lowest BCUT2D eigenvalue weighted by molar-refractivity contribution is -0.161. The number of carbonyl (C=O) groups excluding carboxylic acids is 1. The highest BCUT2D eigenvalue weighted by molar-refractivity contribution is 5.79. The molecule has 8 saturated carbocycles. The summed E-state index contributed by atoms with van der Waals surface area (Å²) in [5, 5.41) is 0. The Morgan fingerprint density at radius 3 is 1.52 bits per heavy atom. The second kappa shape index (κ2) is 5.89. The normalized spacial score (nSPS) is 48.8. The van der Waals surface area contributed by atoms with Gasteiger partial charge in [0.2, 0.25) is 0 Å². The molecule has 8 fully saturated rings. The molecule has 0 aromatic heterocycles. The molecular formula is C27H34O2. The number of ether oxygens (including phenoxy) is 1. The van der Waals surface area contributed by atoms with E-state index >= 15 is 0 Å². The van der Waals surface area contributed by atoms with Crippen LogP contribution in [0.2, 0.25) is 0 Å². The Bertz CT molecular complexity index is 764. The summed E-state index contributed by atoms with van der Waals surface area (Å²) in [6, 6.07) is 8.81. The van der Waals surface area contributed by atoms with Gasteiger partial charge in [-0.25, -0.2) is 0 Å². The van der Waals surface area contributed by atoms with E-state index in [9.17, 15) is 4.79 Å². The summed E-state index contributed by atoms with van der Waals surface area (Å²) in [6.45, 7) is 0. The maximum atomic E-state index is 13.3. The smallest absolute Gasteiger partial charge is 0.317 e. The highest BCUT2D eigenvalue weighted by Gasteiger charge is 2.56. The molecule has 0 amide bonds. The van der Waals surface area contributed by atoms with Gasteiger partial charge in [-0.2, -0.15) is 0 Å². The number of hydrogen-bond acceptors (Lipinski definition) is 2. The zero-order valence-corrected chi connectivity index (χ0v) is 17.6. The first-order chi connectivity index (χ1) is 14.1. The molecule has 9 rings (SSSR count). The first-order valence-corrected chi connectivity index (χ1v) is 12.4. The topological polar surface area (TPSA) is 26.3 Å². The standard InChI is InChI=1S/C27H34O2/c28-25(27-14-20-8-21(15-27)10-22(9-20)16-27)29-24-3-1-23(2-4-24)26-11-17-5-18(12-26)7-19(6-17)13-26/h1-4,17-22H,5-16H2. The molecule has 0 spiro atoms. The Balaban J connectivity index is 1.10. The minimum atomic E-state index is -0.159. The number of hydrogen-bond donors (Lipinski definition) is 0. The van der Waals surface area contributed by atoms with Crippen molar-refractivity contribution in [3.63, 3.8) is 0 Å². The minimum absolute atomic E-state index is 0.0826. The molecule has 2 nitrogen and oxygen atoms in total. The lowest BCUT2D eigenvalue weighted by atomic mass is 9.48. The SMILES string of the molecule is O=C(Oc1ccc(C23CC4CC(CC(C4)C2)C3)cc1)C12CC3CC(CC(C3)C1)C2. The van der Waals surface area contributed by atoms with Gasteiger partial charge in [-0.15, -0.1) is 0 Å². The first kappa shape index (κ1) is 17.4. The van der Waals surface area contributed by atoms with Crippen LogP contribution in [-0.4, -0.2) is 5.97 Å². The molecular weight excluding hydrogens is 356 g/mol. The molecule has 8 aliphatic rings. The maximum Gasteiger partial charge on any atom is 0.317 e. The summed E-state index contributed by atoms with van der Waals surface area (Å²) in [5.74, 6) is 6.12. The van der Waals surface area contributed by atoms with Gasteiger partial charge < -0.3 is 4.74 Å². The Morgan fingerprint density at radius 1 is 0.655 bits per heavy atom. The quantitative estimate of drug-likeness (QED) is 0.449. The predicted molar refractivity (Wildman–Crippen MR) is 113 cm³/mol. The van der Waals surface area contributed by atoms with Gasteiger partial charge >= 0.3 is 5.97 Å². The van der Waals surface area contributed by atoms with Gasteiger partial charge in [0.05, 0.1) is 5.41 Å². The van der Waals surface area contributed by atoms with E-state index in [4.69, 9.17) is 4.74 Å². The van der Waals surface area contributed by atoms with E-state index in [1.165, 1.54) is 63.4 Å². The van der Waals surface area contributed by atoms with E-state index in [0.717, 1.165) is 60.5 Å². The summed E-state index contributed by atoms with van der Waals surface area (Å²) >= 11 is 0. The van der Waals surface area contributed by atoms with Gasteiger partial charge in [0, 0.05) is 0 Å². The van der Waals surface area contributed by atoms with Crippen molar-refractivity contribution in [1.29, 1.82) is 0 Å². The van der Waals surface area contributed by atoms with Crippen LogP contribution < -0.4 is 4.74 Å². The Morgan fingerprint density at radius 2 is 1.07 bits per heavy atom. The van der Waals surface area contributed by atoms with Crippen molar-refractivity contribution in [3.05, 3.63) is 29.8 Å². The molecule has 2 heteroatoms. The van der Waals surface area contributed by atoms with Crippen molar-refractivity contribution in [1.82, 2.24) is 0 Å². The number of carbonyl (C=O) groups is 1. The van der Waals surface area contributed by atoms with E-state index in [2.05, 4.69) is 24.3 Å². The van der Waals surface area contributed by atoms with Gasteiger partial charge in [-0.1, -0.05) is 12.1 Å². The molecule has 8 aliphatic carbocycles. The molecule has 0 radical (unpaired) electrons. The van der Waals surface area contributed by atoms with Gasteiger partial charge in [0.1, 0.15) is 5.75 Å². The average molecular weight is 391 g/mol. The molecule has 1 aromatic rings. The molecule has 1 aromatic carbocycles. The molecule has 154 valence electrons. The summed E-state index contributed by atoms with van der Waals surface area (Å²) < 4.78 is 6.03. The van der Waals surface area contributed by atoms with E-state index in [1.54, 1.807) is 0 Å². The Kier molecular flexibility index (Phi) is 3.53. The average Bonchev–Trinajstić information content (AvgIpc) is 2.66. The van der Waals surface area contributed by atoms with Crippen LogP contribution in [0.3, 0.4) is 0 Å². The van der Waals surface area contributed by atoms with Gasteiger partial charge in [0.15, 0.2) is 0 Å². The van der Waals surface area contributed by atoms with E-state index < -0.39 is 0 Å². The second-order valence-corrected chi connectivity index (χ2v) is 12.3. The number of esters is 1. The largest absolute Gasteiger partial charge is 0.426 e. The highest BCUT2D eigenvalue weighted by Crippen LogP contribution is 2.62. The van der Waals surface area contributed by atoms with Gasteiger partial charge in [-0.05, 0) is 136 Å². The van der Waals surface area contributed by atoms with Crippen LogP contribution in [0.15, 0.2) is 24.3 Å². The molecule has 0 N–H and O–H groups in total. The van der Waals surface area contributed by atoms with E-state index in [1.807, 2.05) is 0 Å². The lowest BCUT2D eigenvalue weighted by Gasteiger charge is -2.57. The predicted octanol–water partition coefficient (Wildman–Crippen LogP) is 6.28. The van der Waals surface area contributed by atoms with Crippen LogP contribution in [0.1, 0.15) is 82.6 Å². The molecule has 0 atom stereocenters. The second-order valence-electron chi connectivity index (χ2n) is 12.3. The van der Waals surface area contributed by atoms with Crippen LogP contribution in [-0.2, 0) is 10.2 Å². The molecule has 0 aliphatic heterocycles. The van der Waals surface area contributed by atoms with E-state index in [0.29, 0.717) is 5.41 Å². The summed E-state index contributed by atoms with van der Waals surface area (Å²) in [6.07, 6.45) is 16.0.